The number of amides is 1. The Hall–Kier alpha value is -1.10. The molecule has 4 nitrogen and oxygen atoms in total. The van der Waals surface area contributed by atoms with Gasteiger partial charge in [0.2, 0.25) is 5.91 Å². The Kier molecular flexibility index (Phi) is 4.37. The lowest BCUT2D eigenvalue weighted by Crippen LogP contribution is -2.40. The number of nitrogens with one attached hydrogen (secondary N) is 2. The van der Waals surface area contributed by atoms with Gasteiger partial charge >= 0.3 is 0 Å². The van der Waals surface area contributed by atoms with Crippen molar-refractivity contribution in [3.8, 4) is 0 Å². The molecule has 1 aromatic rings. The number of anilines is 1. The van der Waals surface area contributed by atoms with Crippen LogP contribution in [0.4, 0.5) is 5.69 Å². The molecule has 5 heteroatoms. The number of carbonyl (C=O) groups is 1. The van der Waals surface area contributed by atoms with Crippen LogP contribution in [0.5, 0.6) is 0 Å². The summed E-state index contributed by atoms with van der Waals surface area (Å²) in [5.41, 5.74) is 1.87. The molecule has 0 saturated carbocycles. The SMILES string of the molecule is CN(C)CC(C)(C)CNC1C(=O)Nc2ccc(Cl)cc21. The molecule has 1 unspecified atom stereocenters. The highest BCUT2D eigenvalue weighted by Gasteiger charge is 2.32. The van der Waals surface area contributed by atoms with Crippen molar-refractivity contribution in [2.75, 3.05) is 32.5 Å². The number of benzene rings is 1. The summed E-state index contributed by atoms with van der Waals surface area (Å²) in [4.78, 5) is 14.2. The third kappa shape index (κ3) is 3.51. The van der Waals surface area contributed by atoms with Crippen LogP contribution in [0.2, 0.25) is 5.02 Å². The second-order valence-corrected chi connectivity index (χ2v) is 6.87. The maximum absolute atomic E-state index is 12.1. The lowest BCUT2D eigenvalue weighted by atomic mass is 9.92. The molecule has 0 fully saturated rings. The van der Waals surface area contributed by atoms with Crippen molar-refractivity contribution in [1.29, 1.82) is 0 Å². The summed E-state index contributed by atoms with van der Waals surface area (Å²) >= 11 is 6.02. The average Bonchev–Trinajstić information content (AvgIpc) is 2.60. The average molecular weight is 296 g/mol. The molecule has 0 spiro atoms. The van der Waals surface area contributed by atoms with Gasteiger partial charge in [-0.05, 0) is 37.7 Å². The minimum atomic E-state index is -0.315. The van der Waals surface area contributed by atoms with E-state index >= 15 is 0 Å². The van der Waals surface area contributed by atoms with Crippen molar-refractivity contribution in [3.63, 3.8) is 0 Å². The molecule has 1 aliphatic heterocycles. The van der Waals surface area contributed by atoms with Gasteiger partial charge in [-0.1, -0.05) is 25.4 Å². The van der Waals surface area contributed by atoms with Crippen LogP contribution < -0.4 is 10.6 Å². The van der Waals surface area contributed by atoms with Crippen molar-refractivity contribution >= 4 is 23.2 Å². The first kappa shape index (κ1) is 15.3. The molecule has 0 aliphatic carbocycles. The summed E-state index contributed by atoms with van der Waals surface area (Å²) in [5.74, 6) is -0.0112. The fourth-order valence-corrected chi connectivity index (χ4v) is 2.91. The van der Waals surface area contributed by atoms with Gasteiger partial charge in [-0.3, -0.25) is 4.79 Å². The van der Waals surface area contributed by atoms with E-state index in [4.69, 9.17) is 11.6 Å². The van der Waals surface area contributed by atoms with E-state index in [9.17, 15) is 4.79 Å². The fraction of sp³-hybridized carbons (Fsp3) is 0.533. The standard InChI is InChI=1S/C15H22ClN3O/c1-15(2,9-19(3)4)8-17-13-11-7-10(16)5-6-12(11)18-14(13)20/h5-7,13,17H,8-9H2,1-4H3,(H,18,20). The fourth-order valence-electron chi connectivity index (χ4n) is 2.73. The Balaban J connectivity index is 2.08. The lowest BCUT2D eigenvalue weighted by molar-refractivity contribution is -0.117. The van der Waals surface area contributed by atoms with Gasteiger partial charge in [-0.2, -0.15) is 0 Å². The molecule has 1 heterocycles. The summed E-state index contributed by atoms with van der Waals surface area (Å²) in [5, 5.41) is 6.90. The molecule has 110 valence electrons. The Morgan fingerprint density at radius 3 is 2.75 bits per heavy atom. The van der Waals surface area contributed by atoms with Crippen LogP contribution >= 0.6 is 11.6 Å². The molecule has 20 heavy (non-hydrogen) atoms. The summed E-state index contributed by atoms with van der Waals surface area (Å²) in [6.45, 7) is 6.09. The molecule has 1 aliphatic rings. The number of nitrogens with zero attached hydrogens (tertiary/aromatic N) is 1. The molecular formula is C15H22ClN3O. The lowest BCUT2D eigenvalue weighted by Gasteiger charge is -2.29. The van der Waals surface area contributed by atoms with Crippen molar-refractivity contribution in [2.24, 2.45) is 5.41 Å². The molecule has 1 atom stereocenters. The Morgan fingerprint density at radius 1 is 1.40 bits per heavy atom. The van der Waals surface area contributed by atoms with Crippen molar-refractivity contribution < 1.29 is 4.79 Å². The number of fused-ring (bicyclic) bond motifs is 1. The third-order valence-corrected chi connectivity index (χ3v) is 3.61. The minimum absolute atomic E-state index is 0.0112. The van der Waals surface area contributed by atoms with Crippen LogP contribution in [-0.4, -0.2) is 38.0 Å². The summed E-state index contributed by atoms with van der Waals surface area (Å²) < 4.78 is 0. The third-order valence-electron chi connectivity index (χ3n) is 3.37. The molecule has 0 saturated heterocycles. The van der Waals surface area contributed by atoms with E-state index in [2.05, 4.69) is 43.5 Å². The van der Waals surface area contributed by atoms with E-state index in [1.807, 2.05) is 12.1 Å². The van der Waals surface area contributed by atoms with Crippen molar-refractivity contribution in [3.05, 3.63) is 28.8 Å². The smallest absolute Gasteiger partial charge is 0.246 e. The van der Waals surface area contributed by atoms with E-state index in [1.165, 1.54) is 0 Å². The predicted octanol–water partition coefficient (Wildman–Crippen LogP) is 2.51. The summed E-state index contributed by atoms with van der Waals surface area (Å²) in [6.07, 6.45) is 0. The second kappa shape index (κ2) is 5.72. The van der Waals surface area contributed by atoms with Gasteiger partial charge in [0.15, 0.2) is 0 Å². The summed E-state index contributed by atoms with van der Waals surface area (Å²) in [7, 11) is 4.11. The van der Waals surface area contributed by atoms with Gasteiger partial charge in [0.1, 0.15) is 6.04 Å². The largest absolute Gasteiger partial charge is 0.324 e. The van der Waals surface area contributed by atoms with Gasteiger partial charge in [-0.25, -0.2) is 0 Å². The zero-order valence-corrected chi connectivity index (χ0v) is 13.2. The van der Waals surface area contributed by atoms with Gasteiger partial charge in [0, 0.05) is 29.4 Å². The molecule has 0 aromatic heterocycles. The van der Waals surface area contributed by atoms with Crippen molar-refractivity contribution in [2.45, 2.75) is 19.9 Å². The maximum atomic E-state index is 12.1. The van der Waals surface area contributed by atoms with E-state index in [1.54, 1.807) is 6.07 Å². The highest BCUT2D eigenvalue weighted by molar-refractivity contribution is 6.31. The van der Waals surface area contributed by atoms with E-state index in [0.717, 1.165) is 24.3 Å². The predicted molar refractivity (Wildman–Crippen MR) is 83.2 cm³/mol. The van der Waals surface area contributed by atoms with Crippen molar-refractivity contribution in [1.82, 2.24) is 10.2 Å². The Bertz CT molecular complexity index is 514. The van der Waals surface area contributed by atoms with Crippen LogP contribution in [-0.2, 0) is 4.79 Å². The van der Waals surface area contributed by atoms with Crippen LogP contribution in [0.25, 0.3) is 0 Å². The molecule has 2 N–H and O–H groups in total. The quantitative estimate of drug-likeness (QED) is 0.877. The first-order valence-corrected chi connectivity index (χ1v) is 7.15. The first-order valence-electron chi connectivity index (χ1n) is 6.77. The molecule has 1 aromatic carbocycles. The van der Waals surface area contributed by atoms with Gasteiger partial charge in [0.05, 0.1) is 0 Å². The number of carbonyl (C=O) groups excluding carboxylic acids is 1. The number of hydrogen-bond acceptors (Lipinski definition) is 3. The second-order valence-electron chi connectivity index (χ2n) is 6.44. The Morgan fingerprint density at radius 2 is 2.10 bits per heavy atom. The zero-order valence-electron chi connectivity index (χ0n) is 12.5. The van der Waals surface area contributed by atoms with E-state index < -0.39 is 0 Å². The van der Waals surface area contributed by atoms with Crippen LogP contribution in [0.3, 0.4) is 0 Å². The maximum Gasteiger partial charge on any atom is 0.246 e. The first-order chi connectivity index (χ1) is 9.28. The van der Waals surface area contributed by atoms with Crippen LogP contribution in [0.1, 0.15) is 25.5 Å². The molecule has 1 amide bonds. The normalized spacial score (nSPS) is 18.3. The highest BCUT2D eigenvalue weighted by atomic mass is 35.5. The monoisotopic (exact) mass is 295 g/mol. The number of halogens is 1. The van der Waals surface area contributed by atoms with Gasteiger partial charge < -0.3 is 15.5 Å². The van der Waals surface area contributed by atoms with E-state index in [-0.39, 0.29) is 17.4 Å². The van der Waals surface area contributed by atoms with Gasteiger partial charge in [-0.15, -0.1) is 0 Å². The molecule has 0 bridgehead atoms. The summed E-state index contributed by atoms with van der Waals surface area (Å²) in [6, 6.07) is 5.18. The van der Waals surface area contributed by atoms with Crippen LogP contribution in [0, 0.1) is 5.41 Å². The van der Waals surface area contributed by atoms with Gasteiger partial charge in [0.25, 0.3) is 0 Å². The highest BCUT2D eigenvalue weighted by Crippen LogP contribution is 2.33. The Labute approximate surface area is 125 Å². The van der Waals surface area contributed by atoms with Crippen LogP contribution in [0.15, 0.2) is 18.2 Å². The minimum Gasteiger partial charge on any atom is -0.324 e. The molecule has 2 rings (SSSR count). The van der Waals surface area contributed by atoms with E-state index in [0.29, 0.717) is 5.02 Å². The molecular weight excluding hydrogens is 274 g/mol. The number of hydrogen-bond donors (Lipinski definition) is 2. The number of rotatable bonds is 5. The topological polar surface area (TPSA) is 44.4 Å². The zero-order chi connectivity index (χ0) is 14.9. The molecule has 0 radical (unpaired) electrons.